The molecule has 0 atom stereocenters. The molecule has 0 unspecified atom stereocenters. The summed E-state index contributed by atoms with van der Waals surface area (Å²) in [4.78, 5) is 10.0. The van der Waals surface area contributed by atoms with E-state index in [1.165, 1.54) is 20.1 Å². The summed E-state index contributed by atoms with van der Waals surface area (Å²) in [5.74, 6) is 0.611. The Labute approximate surface area is 95.8 Å². The van der Waals surface area contributed by atoms with Gasteiger partial charge < -0.3 is 4.74 Å². The molecule has 0 saturated carbocycles. The Kier molecular flexibility index (Phi) is 3.85. The smallest absolute Gasteiger partial charge is 0.243 e. The van der Waals surface area contributed by atoms with Gasteiger partial charge in [0.25, 0.3) is 0 Å². The summed E-state index contributed by atoms with van der Waals surface area (Å²) in [7, 11) is 1.53. The van der Waals surface area contributed by atoms with Gasteiger partial charge >= 0.3 is 0 Å². The minimum Gasteiger partial charge on any atom is -0.496 e. The van der Waals surface area contributed by atoms with E-state index in [2.05, 4.69) is 15.9 Å². The molecule has 0 fully saturated rings. The number of halogens is 1. The van der Waals surface area contributed by atoms with Crippen LogP contribution in [0.1, 0.15) is 12.5 Å². The maximum absolute atomic E-state index is 10.5. The third-order valence-electron chi connectivity index (χ3n) is 1.84. The third kappa shape index (κ3) is 3.06. The van der Waals surface area contributed by atoms with Gasteiger partial charge in [-0.05, 0) is 18.2 Å². The molecule has 1 aromatic rings. The number of hydrogen-bond donors (Lipinski definition) is 0. The van der Waals surface area contributed by atoms with E-state index in [4.69, 9.17) is 4.74 Å². The van der Waals surface area contributed by atoms with Gasteiger partial charge in [0.1, 0.15) is 5.75 Å². The fourth-order valence-corrected chi connectivity index (χ4v) is 1.47. The minimum absolute atomic E-state index is 0.0754. The summed E-state index contributed by atoms with van der Waals surface area (Å²) in [6.07, 6.45) is 1.48. The van der Waals surface area contributed by atoms with Crippen LogP contribution in [0.4, 0.5) is 0 Å². The van der Waals surface area contributed by atoms with Gasteiger partial charge in [0, 0.05) is 23.0 Å². The van der Waals surface area contributed by atoms with E-state index in [9.17, 15) is 10.1 Å². The fraction of sp³-hybridized carbons (Fsp3) is 0.200. The number of nitro groups is 1. The Bertz CT molecular complexity index is 415. The summed E-state index contributed by atoms with van der Waals surface area (Å²) in [5, 5.41) is 10.5. The molecule has 5 heteroatoms. The number of allylic oxidation sites excluding steroid dienone is 1. The molecule has 0 aromatic heterocycles. The van der Waals surface area contributed by atoms with Crippen molar-refractivity contribution < 1.29 is 9.66 Å². The molecule has 0 aliphatic carbocycles. The SMILES string of the molecule is COc1ccc(Br)cc1C=C(C)[N+](=O)[O-]. The van der Waals surface area contributed by atoms with Crippen molar-refractivity contribution in [1.82, 2.24) is 0 Å². The van der Waals surface area contributed by atoms with E-state index in [0.29, 0.717) is 11.3 Å². The number of benzene rings is 1. The van der Waals surface area contributed by atoms with Crippen molar-refractivity contribution in [2.45, 2.75) is 6.92 Å². The second-order valence-electron chi connectivity index (χ2n) is 2.93. The standard InChI is InChI=1S/C10H10BrNO3/c1-7(12(13)14)5-8-6-9(11)3-4-10(8)15-2/h3-6H,1-2H3. The van der Waals surface area contributed by atoms with E-state index >= 15 is 0 Å². The molecule has 0 N–H and O–H groups in total. The normalized spacial score (nSPS) is 11.3. The van der Waals surface area contributed by atoms with Gasteiger partial charge in [-0.1, -0.05) is 15.9 Å². The lowest BCUT2D eigenvalue weighted by Crippen LogP contribution is -1.94. The molecule has 0 heterocycles. The van der Waals surface area contributed by atoms with Crippen molar-refractivity contribution in [2.75, 3.05) is 7.11 Å². The average Bonchev–Trinajstić information content (AvgIpc) is 2.18. The molecule has 0 aliphatic heterocycles. The zero-order chi connectivity index (χ0) is 11.4. The summed E-state index contributed by atoms with van der Waals surface area (Å²) in [6.45, 7) is 1.44. The summed E-state index contributed by atoms with van der Waals surface area (Å²) in [6, 6.07) is 5.34. The zero-order valence-corrected chi connectivity index (χ0v) is 9.95. The molecule has 0 saturated heterocycles. The van der Waals surface area contributed by atoms with Gasteiger partial charge in [-0.15, -0.1) is 0 Å². The van der Waals surface area contributed by atoms with Crippen LogP contribution in [0.15, 0.2) is 28.4 Å². The second kappa shape index (κ2) is 4.93. The van der Waals surface area contributed by atoms with Crippen LogP contribution in [-0.4, -0.2) is 12.0 Å². The van der Waals surface area contributed by atoms with E-state index in [1.54, 1.807) is 12.1 Å². The Morgan fingerprint density at radius 3 is 2.80 bits per heavy atom. The fourth-order valence-electron chi connectivity index (χ4n) is 1.10. The van der Waals surface area contributed by atoms with Crippen molar-refractivity contribution in [3.05, 3.63) is 44.0 Å². The van der Waals surface area contributed by atoms with E-state index in [0.717, 1.165) is 4.47 Å². The van der Waals surface area contributed by atoms with E-state index in [1.807, 2.05) is 6.07 Å². The van der Waals surface area contributed by atoms with Crippen LogP contribution in [0.3, 0.4) is 0 Å². The Morgan fingerprint density at radius 1 is 1.60 bits per heavy atom. The predicted octanol–water partition coefficient (Wildman–Crippen LogP) is 3.10. The maximum atomic E-state index is 10.5. The Hall–Kier alpha value is -1.36. The minimum atomic E-state index is -0.430. The monoisotopic (exact) mass is 271 g/mol. The highest BCUT2D eigenvalue weighted by Gasteiger charge is 2.06. The first-order chi connectivity index (χ1) is 7.04. The van der Waals surface area contributed by atoms with Crippen LogP contribution in [0.25, 0.3) is 6.08 Å². The molecule has 1 aromatic carbocycles. The summed E-state index contributed by atoms with van der Waals surface area (Å²) >= 11 is 3.30. The molecule has 0 radical (unpaired) electrons. The molecule has 15 heavy (non-hydrogen) atoms. The summed E-state index contributed by atoms with van der Waals surface area (Å²) in [5.41, 5.74) is 0.757. The molecule has 1 rings (SSSR count). The largest absolute Gasteiger partial charge is 0.496 e. The predicted molar refractivity (Wildman–Crippen MR) is 61.3 cm³/mol. The molecule has 0 spiro atoms. The number of hydrogen-bond acceptors (Lipinski definition) is 3. The number of ether oxygens (including phenoxy) is 1. The van der Waals surface area contributed by atoms with Crippen molar-refractivity contribution in [3.63, 3.8) is 0 Å². The summed E-state index contributed by atoms with van der Waals surface area (Å²) < 4.78 is 5.95. The first-order valence-electron chi connectivity index (χ1n) is 4.21. The van der Waals surface area contributed by atoms with Crippen molar-refractivity contribution >= 4 is 22.0 Å². The van der Waals surface area contributed by atoms with Crippen LogP contribution in [0.2, 0.25) is 0 Å². The Morgan fingerprint density at radius 2 is 2.27 bits per heavy atom. The topological polar surface area (TPSA) is 52.4 Å². The number of methoxy groups -OCH3 is 1. The van der Waals surface area contributed by atoms with E-state index < -0.39 is 4.92 Å². The van der Waals surface area contributed by atoms with Gasteiger partial charge in [-0.2, -0.15) is 0 Å². The van der Waals surface area contributed by atoms with Crippen LogP contribution < -0.4 is 4.74 Å². The first-order valence-corrected chi connectivity index (χ1v) is 5.00. The van der Waals surface area contributed by atoms with Crippen molar-refractivity contribution in [1.29, 1.82) is 0 Å². The van der Waals surface area contributed by atoms with E-state index in [-0.39, 0.29) is 5.70 Å². The molecular weight excluding hydrogens is 262 g/mol. The quantitative estimate of drug-likeness (QED) is 0.627. The lowest BCUT2D eigenvalue weighted by Gasteiger charge is -2.04. The highest BCUT2D eigenvalue weighted by molar-refractivity contribution is 9.10. The molecule has 0 aliphatic rings. The van der Waals surface area contributed by atoms with Crippen molar-refractivity contribution in [2.24, 2.45) is 0 Å². The number of rotatable bonds is 3. The average molecular weight is 272 g/mol. The van der Waals surface area contributed by atoms with Gasteiger partial charge in [-0.25, -0.2) is 0 Å². The Balaban J connectivity index is 3.18. The zero-order valence-electron chi connectivity index (χ0n) is 8.36. The van der Waals surface area contributed by atoms with Crippen LogP contribution in [0, 0.1) is 10.1 Å². The van der Waals surface area contributed by atoms with Gasteiger partial charge in [-0.3, -0.25) is 10.1 Å². The molecule has 0 bridgehead atoms. The molecule has 4 nitrogen and oxygen atoms in total. The lowest BCUT2D eigenvalue weighted by molar-refractivity contribution is -0.422. The first kappa shape index (κ1) is 11.7. The second-order valence-corrected chi connectivity index (χ2v) is 3.84. The van der Waals surface area contributed by atoms with Crippen molar-refractivity contribution in [3.8, 4) is 5.75 Å². The van der Waals surface area contributed by atoms with Gasteiger partial charge in [0.15, 0.2) is 0 Å². The molecule has 80 valence electrons. The van der Waals surface area contributed by atoms with Crippen LogP contribution in [0.5, 0.6) is 5.75 Å². The maximum Gasteiger partial charge on any atom is 0.243 e. The highest BCUT2D eigenvalue weighted by Crippen LogP contribution is 2.25. The molecular formula is C10H10BrNO3. The van der Waals surface area contributed by atoms with Crippen LogP contribution >= 0.6 is 15.9 Å². The highest BCUT2D eigenvalue weighted by atomic mass is 79.9. The van der Waals surface area contributed by atoms with Gasteiger partial charge in [0.2, 0.25) is 5.70 Å². The molecule has 0 amide bonds. The lowest BCUT2D eigenvalue weighted by atomic mass is 10.2. The number of nitrogens with zero attached hydrogens (tertiary/aromatic N) is 1. The van der Waals surface area contributed by atoms with Crippen LogP contribution in [-0.2, 0) is 0 Å². The van der Waals surface area contributed by atoms with Gasteiger partial charge in [0.05, 0.1) is 12.0 Å². The third-order valence-corrected chi connectivity index (χ3v) is 2.34.